The van der Waals surface area contributed by atoms with Gasteiger partial charge >= 0.3 is 0 Å². The smallest absolute Gasteiger partial charge is 0.260 e. The van der Waals surface area contributed by atoms with Gasteiger partial charge in [-0.2, -0.15) is 14.5 Å². The molecular weight excluding hydrogens is 416 g/mol. The quantitative estimate of drug-likeness (QED) is 0.771. The fourth-order valence-corrected chi connectivity index (χ4v) is 7.24. The highest BCUT2D eigenvalue weighted by Gasteiger charge is 2.53. The van der Waals surface area contributed by atoms with E-state index in [1.807, 2.05) is 6.92 Å². The van der Waals surface area contributed by atoms with Crippen LogP contribution in [0.3, 0.4) is 0 Å². The van der Waals surface area contributed by atoms with E-state index in [2.05, 4.69) is 34.5 Å². The minimum absolute atomic E-state index is 0.111. The van der Waals surface area contributed by atoms with Gasteiger partial charge in [0.25, 0.3) is 10.0 Å². The second-order valence-corrected chi connectivity index (χ2v) is 11.5. The predicted molar refractivity (Wildman–Crippen MR) is 113 cm³/mol. The van der Waals surface area contributed by atoms with Gasteiger partial charge < -0.3 is 5.32 Å². The zero-order valence-corrected chi connectivity index (χ0v) is 19.0. The van der Waals surface area contributed by atoms with Crippen LogP contribution in [0.4, 0.5) is 0 Å². The van der Waals surface area contributed by atoms with Crippen LogP contribution in [0.5, 0.6) is 0 Å². The Kier molecular flexibility index (Phi) is 4.53. The summed E-state index contributed by atoms with van der Waals surface area (Å²) in [7, 11) is -3.65. The second-order valence-electron chi connectivity index (χ2n) is 9.62. The van der Waals surface area contributed by atoms with Gasteiger partial charge in [-0.25, -0.2) is 8.42 Å². The summed E-state index contributed by atoms with van der Waals surface area (Å²) >= 11 is 0. The number of nitrogens with one attached hydrogen (secondary N) is 1. The lowest BCUT2D eigenvalue weighted by atomic mass is 9.60. The molecule has 1 aliphatic carbocycles. The van der Waals surface area contributed by atoms with Crippen LogP contribution >= 0.6 is 0 Å². The molecule has 31 heavy (non-hydrogen) atoms. The molecule has 0 amide bonds. The number of aromatic nitrogens is 2. The summed E-state index contributed by atoms with van der Waals surface area (Å²) in [5.74, 6) is 0.919. The van der Waals surface area contributed by atoms with Gasteiger partial charge in [0.05, 0.1) is 12.7 Å². The van der Waals surface area contributed by atoms with Gasteiger partial charge in [-0.15, -0.1) is 5.11 Å². The molecule has 1 aromatic heterocycles. The molecule has 4 heterocycles. The molecule has 4 aliphatic rings. The SMILES string of the molecule is CCn1nccc1S(=O)(=O)N1CCC2(CC1)C1=C(N=NC1)NC1=C2C(=O)CC(C)(C)C1. The normalized spacial score (nSPS) is 25.1. The summed E-state index contributed by atoms with van der Waals surface area (Å²) in [6.45, 7) is 7.74. The van der Waals surface area contributed by atoms with E-state index in [9.17, 15) is 13.2 Å². The molecule has 9 nitrogen and oxygen atoms in total. The van der Waals surface area contributed by atoms with Crippen molar-refractivity contribution >= 4 is 15.8 Å². The number of carbonyl (C=O) groups is 1. The molecule has 1 saturated heterocycles. The first-order chi connectivity index (χ1) is 14.7. The lowest BCUT2D eigenvalue weighted by Crippen LogP contribution is -2.50. The van der Waals surface area contributed by atoms with Crippen molar-refractivity contribution < 1.29 is 13.2 Å². The molecule has 10 heteroatoms. The summed E-state index contributed by atoms with van der Waals surface area (Å²) in [4.78, 5) is 13.3. The van der Waals surface area contributed by atoms with Crippen molar-refractivity contribution in [3.05, 3.63) is 34.9 Å². The van der Waals surface area contributed by atoms with Crippen LogP contribution < -0.4 is 5.32 Å². The summed E-state index contributed by atoms with van der Waals surface area (Å²) < 4.78 is 29.6. The second kappa shape index (κ2) is 6.83. The number of allylic oxidation sites excluding steroid dienone is 2. The largest absolute Gasteiger partial charge is 0.342 e. The zero-order valence-electron chi connectivity index (χ0n) is 18.2. The number of aryl methyl sites for hydroxylation is 1. The Balaban J connectivity index is 1.50. The first kappa shape index (κ1) is 20.6. The first-order valence-corrected chi connectivity index (χ1v) is 12.3. The van der Waals surface area contributed by atoms with Crippen molar-refractivity contribution in [2.24, 2.45) is 21.1 Å². The van der Waals surface area contributed by atoms with Crippen molar-refractivity contribution in [2.75, 3.05) is 19.6 Å². The first-order valence-electron chi connectivity index (χ1n) is 10.8. The molecule has 1 aromatic rings. The molecule has 0 aromatic carbocycles. The third kappa shape index (κ3) is 3.02. The number of piperidine rings is 1. The van der Waals surface area contributed by atoms with E-state index >= 15 is 0 Å². The number of fused-ring (bicyclic) bond motifs is 2. The lowest BCUT2D eigenvalue weighted by molar-refractivity contribution is -0.119. The standard InChI is InChI=1S/C21H28N6O3S/c1-4-27-17(5-8-23-27)31(29,30)26-9-6-21(7-10-26)14-13-22-25-19(14)24-15-11-20(2,3)12-16(28)18(15)21/h5,8,24H,4,6-7,9-13H2,1-3H3. The number of dihydropyridines is 1. The highest BCUT2D eigenvalue weighted by molar-refractivity contribution is 7.89. The van der Waals surface area contributed by atoms with Gasteiger partial charge in [-0.3, -0.25) is 9.48 Å². The van der Waals surface area contributed by atoms with Crippen LogP contribution in [0.25, 0.3) is 0 Å². The number of ketones is 1. The van der Waals surface area contributed by atoms with Crippen molar-refractivity contribution in [3.8, 4) is 0 Å². The highest BCUT2D eigenvalue weighted by Crippen LogP contribution is 2.55. The van der Waals surface area contributed by atoms with Crippen LogP contribution in [-0.2, 0) is 21.4 Å². The summed E-state index contributed by atoms with van der Waals surface area (Å²) in [6, 6.07) is 1.55. The molecule has 0 bridgehead atoms. The summed E-state index contributed by atoms with van der Waals surface area (Å²) in [6.07, 6.45) is 3.92. The third-order valence-corrected chi connectivity index (χ3v) is 8.96. The molecule has 5 rings (SSSR count). The topological polar surface area (TPSA) is 109 Å². The van der Waals surface area contributed by atoms with E-state index in [-0.39, 0.29) is 16.2 Å². The van der Waals surface area contributed by atoms with Gasteiger partial charge in [0.15, 0.2) is 16.6 Å². The number of hydrogen-bond acceptors (Lipinski definition) is 7. The van der Waals surface area contributed by atoms with Gasteiger partial charge in [0, 0.05) is 48.3 Å². The summed E-state index contributed by atoms with van der Waals surface area (Å²) in [5, 5.41) is 16.3. The molecule has 1 spiro atoms. The maximum absolute atomic E-state index is 13.3. The van der Waals surface area contributed by atoms with Crippen LogP contribution in [0.1, 0.15) is 46.5 Å². The predicted octanol–water partition coefficient (Wildman–Crippen LogP) is 2.60. The van der Waals surface area contributed by atoms with Gasteiger partial charge in [-0.1, -0.05) is 13.8 Å². The molecule has 166 valence electrons. The van der Waals surface area contributed by atoms with E-state index in [0.717, 1.165) is 29.1 Å². The molecule has 0 unspecified atom stereocenters. The molecule has 0 saturated carbocycles. The van der Waals surface area contributed by atoms with Gasteiger partial charge in [0.1, 0.15) is 0 Å². The number of azo groups is 1. The van der Waals surface area contributed by atoms with Crippen molar-refractivity contribution in [1.82, 2.24) is 19.4 Å². The number of rotatable bonds is 3. The minimum Gasteiger partial charge on any atom is -0.342 e. The minimum atomic E-state index is -3.65. The molecule has 3 aliphatic heterocycles. The van der Waals surface area contributed by atoms with E-state index < -0.39 is 15.4 Å². The molecule has 0 atom stereocenters. The number of carbonyl (C=O) groups excluding carboxylic acids is 1. The van der Waals surface area contributed by atoms with Crippen LogP contribution in [-0.4, -0.2) is 47.9 Å². The maximum atomic E-state index is 13.3. The molecular formula is C21H28N6O3S. The number of hydrogen-bond donors (Lipinski definition) is 1. The van der Waals surface area contributed by atoms with Crippen molar-refractivity contribution in [1.29, 1.82) is 0 Å². The third-order valence-electron chi connectivity index (χ3n) is 7.04. The van der Waals surface area contributed by atoms with E-state index in [1.54, 1.807) is 6.07 Å². The average molecular weight is 445 g/mol. The Morgan fingerprint density at radius 3 is 2.65 bits per heavy atom. The summed E-state index contributed by atoms with van der Waals surface area (Å²) in [5.41, 5.74) is 2.23. The Bertz CT molecular complexity index is 1150. The molecule has 1 N–H and O–H groups in total. The Labute approximate surface area is 182 Å². The highest BCUT2D eigenvalue weighted by atomic mass is 32.2. The van der Waals surface area contributed by atoms with Gasteiger partial charge in [0.2, 0.25) is 0 Å². The number of sulfonamides is 1. The molecule has 1 fully saturated rings. The van der Waals surface area contributed by atoms with Crippen molar-refractivity contribution in [2.45, 2.75) is 58.0 Å². The average Bonchev–Trinajstić information content (AvgIpc) is 3.36. The van der Waals surface area contributed by atoms with Crippen LogP contribution in [0, 0.1) is 10.8 Å². The number of nitrogens with zero attached hydrogens (tertiary/aromatic N) is 5. The van der Waals surface area contributed by atoms with E-state index in [1.165, 1.54) is 15.2 Å². The Morgan fingerprint density at radius 2 is 1.94 bits per heavy atom. The lowest BCUT2D eigenvalue weighted by Gasteiger charge is -2.48. The zero-order chi connectivity index (χ0) is 22.0. The van der Waals surface area contributed by atoms with Gasteiger partial charge in [-0.05, 0) is 37.7 Å². The fraction of sp³-hybridized carbons (Fsp3) is 0.619. The maximum Gasteiger partial charge on any atom is 0.260 e. The van der Waals surface area contributed by atoms with Crippen LogP contribution in [0.15, 0.2) is 50.2 Å². The fourth-order valence-electron chi connectivity index (χ4n) is 5.64. The number of Topliss-reactive ketones (excluding diaryl/α,β-unsaturated/α-hetero) is 1. The van der Waals surface area contributed by atoms with Crippen LogP contribution in [0.2, 0.25) is 0 Å². The Morgan fingerprint density at radius 1 is 1.19 bits per heavy atom. The molecule has 0 radical (unpaired) electrons. The Hall–Kier alpha value is -2.33. The van der Waals surface area contributed by atoms with Crippen molar-refractivity contribution in [3.63, 3.8) is 0 Å². The monoisotopic (exact) mass is 444 g/mol. The van der Waals surface area contributed by atoms with E-state index in [4.69, 9.17) is 0 Å². The van der Waals surface area contributed by atoms with E-state index in [0.29, 0.717) is 45.4 Å².